The van der Waals surface area contributed by atoms with Crippen LogP contribution >= 0.6 is 15.9 Å². The predicted octanol–water partition coefficient (Wildman–Crippen LogP) is 1.41. The van der Waals surface area contributed by atoms with Gasteiger partial charge in [-0.25, -0.2) is 13.6 Å². The summed E-state index contributed by atoms with van der Waals surface area (Å²) in [7, 11) is -1.89. The highest BCUT2D eigenvalue weighted by atomic mass is 79.9. The minimum Gasteiger partial charge on any atom is -0.486 e. The van der Waals surface area contributed by atoms with E-state index >= 15 is 0 Å². The maximum absolute atomic E-state index is 11.2. The van der Waals surface area contributed by atoms with Crippen LogP contribution in [0.2, 0.25) is 0 Å². The summed E-state index contributed by atoms with van der Waals surface area (Å²) in [4.78, 5) is 0.0320. The number of sulfonamides is 1. The number of nitrogens with two attached hydrogens (primary N) is 1. The summed E-state index contributed by atoms with van der Waals surface area (Å²) >= 11 is 3.25. The summed E-state index contributed by atoms with van der Waals surface area (Å²) in [5.41, 5.74) is 0.782. The molecule has 0 aliphatic heterocycles. The number of nitrogens with zero attached hydrogens (tertiary/aromatic N) is 2. The Balaban J connectivity index is 2.14. The number of hydrogen-bond donors (Lipinski definition) is 1. The van der Waals surface area contributed by atoms with Crippen LogP contribution < -0.4 is 9.88 Å². The van der Waals surface area contributed by atoms with Crippen molar-refractivity contribution in [3.05, 3.63) is 40.6 Å². The van der Waals surface area contributed by atoms with Gasteiger partial charge in [-0.05, 0) is 40.2 Å². The minimum absolute atomic E-state index is 0.0320. The lowest BCUT2D eigenvalue weighted by Gasteiger charge is -2.07. The molecule has 2 aromatic rings. The third-order valence-electron chi connectivity index (χ3n) is 2.38. The van der Waals surface area contributed by atoms with E-state index in [0.29, 0.717) is 16.8 Å². The van der Waals surface area contributed by atoms with Gasteiger partial charge in [0, 0.05) is 13.2 Å². The van der Waals surface area contributed by atoms with Crippen molar-refractivity contribution in [2.24, 2.45) is 12.2 Å². The highest BCUT2D eigenvalue weighted by Gasteiger charge is 2.11. The van der Waals surface area contributed by atoms with Gasteiger partial charge in [-0.2, -0.15) is 5.10 Å². The summed E-state index contributed by atoms with van der Waals surface area (Å²) in [6.07, 6.45) is 1.82. The molecule has 0 unspecified atom stereocenters. The molecule has 0 atom stereocenters. The number of ether oxygens (including phenoxy) is 1. The van der Waals surface area contributed by atoms with Crippen LogP contribution in [-0.4, -0.2) is 18.2 Å². The van der Waals surface area contributed by atoms with Crippen LogP contribution in [0.1, 0.15) is 5.69 Å². The fourth-order valence-electron chi connectivity index (χ4n) is 1.47. The number of benzene rings is 1. The molecule has 0 saturated heterocycles. The highest BCUT2D eigenvalue weighted by molar-refractivity contribution is 9.10. The molecule has 19 heavy (non-hydrogen) atoms. The summed E-state index contributed by atoms with van der Waals surface area (Å²) < 4.78 is 30.1. The molecule has 1 heterocycles. The lowest BCUT2D eigenvalue weighted by atomic mass is 10.3. The van der Waals surface area contributed by atoms with Gasteiger partial charge in [0.2, 0.25) is 10.0 Å². The van der Waals surface area contributed by atoms with Crippen molar-refractivity contribution in [3.63, 3.8) is 0 Å². The summed E-state index contributed by atoms with van der Waals surface area (Å²) in [6.45, 7) is 0.300. The number of rotatable bonds is 4. The molecule has 0 aliphatic rings. The molecule has 1 aromatic heterocycles. The first kappa shape index (κ1) is 14.0. The lowest BCUT2D eigenvalue weighted by Crippen LogP contribution is -2.12. The lowest BCUT2D eigenvalue weighted by molar-refractivity contribution is 0.298. The summed E-state index contributed by atoms with van der Waals surface area (Å²) in [6, 6.07) is 6.19. The molecule has 1 aromatic carbocycles. The number of hydrogen-bond acceptors (Lipinski definition) is 4. The highest BCUT2D eigenvalue weighted by Crippen LogP contribution is 2.27. The largest absolute Gasteiger partial charge is 0.486 e. The van der Waals surface area contributed by atoms with Gasteiger partial charge in [0.1, 0.15) is 12.4 Å². The second-order valence-corrected chi connectivity index (χ2v) is 6.32. The molecule has 0 spiro atoms. The second kappa shape index (κ2) is 5.32. The fraction of sp³-hybridized carbons (Fsp3) is 0.182. The summed E-state index contributed by atoms with van der Waals surface area (Å²) in [5.74, 6) is 0.526. The second-order valence-electron chi connectivity index (χ2n) is 3.91. The normalized spacial score (nSPS) is 11.5. The van der Waals surface area contributed by atoms with E-state index in [1.807, 2.05) is 19.3 Å². The molecule has 0 radical (unpaired) electrons. The van der Waals surface area contributed by atoms with E-state index in [1.165, 1.54) is 12.1 Å². The molecular formula is C11H12BrN3O3S. The zero-order valence-electron chi connectivity index (χ0n) is 10.1. The molecule has 102 valence electrons. The molecular weight excluding hydrogens is 334 g/mol. The predicted molar refractivity (Wildman–Crippen MR) is 73.1 cm³/mol. The van der Waals surface area contributed by atoms with Crippen molar-refractivity contribution in [1.29, 1.82) is 0 Å². The molecule has 0 fully saturated rings. The van der Waals surface area contributed by atoms with Crippen LogP contribution in [-0.2, 0) is 23.7 Å². The van der Waals surface area contributed by atoms with E-state index in [1.54, 1.807) is 10.7 Å². The van der Waals surface area contributed by atoms with E-state index in [-0.39, 0.29) is 4.90 Å². The van der Waals surface area contributed by atoms with Gasteiger partial charge in [-0.15, -0.1) is 0 Å². The molecule has 0 aliphatic carbocycles. The third-order valence-corrected chi connectivity index (χ3v) is 3.91. The first-order valence-corrected chi connectivity index (χ1v) is 7.64. The monoisotopic (exact) mass is 345 g/mol. The van der Waals surface area contributed by atoms with E-state index in [9.17, 15) is 8.42 Å². The SMILES string of the molecule is Cn1ccc(COc2ccc(S(N)(=O)=O)cc2Br)n1. The Morgan fingerprint density at radius 1 is 1.42 bits per heavy atom. The molecule has 2 N–H and O–H groups in total. The third kappa shape index (κ3) is 3.55. The number of halogens is 1. The zero-order valence-corrected chi connectivity index (χ0v) is 12.5. The molecule has 2 rings (SSSR count). The van der Waals surface area contributed by atoms with Gasteiger partial charge >= 0.3 is 0 Å². The number of aromatic nitrogens is 2. The topological polar surface area (TPSA) is 87.2 Å². The van der Waals surface area contributed by atoms with Crippen LogP contribution in [0, 0.1) is 0 Å². The Bertz CT molecular complexity index is 697. The average molecular weight is 346 g/mol. The first-order chi connectivity index (χ1) is 8.86. The van der Waals surface area contributed by atoms with Gasteiger partial charge in [0.15, 0.2) is 0 Å². The summed E-state index contributed by atoms with van der Waals surface area (Å²) in [5, 5.41) is 9.21. The van der Waals surface area contributed by atoms with Crippen molar-refractivity contribution >= 4 is 26.0 Å². The van der Waals surface area contributed by atoms with Gasteiger partial charge < -0.3 is 4.74 Å². The quantitative estimate of drug-likeness (QED) is 0.907. The minimum atomic E-state index is -3.71. The number of aryl methyl sites for hydroxylation is 1. The van der Waals surface area contributed by atoms with Crippen molar-refractivity contribution < 1.29 is 13.2 Å². The Hall–Kier alpha value is -1.38. The van der Waals surface area contributed by atoms with Crippen molar-refractivity contribution in [2.45, 2.75) is 11.5 Å². The van der Waals surface area contributed by atoms with E-state index in [2.05, 4.69) is 21.0 Å². The van der Waals surface area contributed by atoms with E-state index in [4.69, 9.17) is 9.88 Å². The Morgan fingerprint density at radius 2 is 2.16 bits per heavy atom. The van der Waals surface area contributed by atoms with Crippen LogP contribution in [0.5, 0.6) is 5.75 Å². The zero-order chi connectivity index (χ0) is 14.0. The molecule has 0 saturated carbocycles. The van der Waals surface area contributed by atoms with Gasteiger partial charge in [0.25, 0.3) is 0 Å². The van der Waals surface area contributed by atoms with Crippen LogP contribution in [0.4, 0.5) is 0 Å². The van der Waals surface area contributed by atoms with Crippen molar-refractivity contribution in [3.8, 4) is 5.75 Å². The standard InChI is InChI=1S/C11H12BrN3O3S/c1-15-5-4-8(14-15)7-18-11-3-2-9(6-10(11)12)19(13,16)17/h2-6H,7H2,1H3,(H2,13,16,17). The maximum atomic E-state index is 11.2. The average Bonchev–Trinajstić information content (AvgIpc) is 2.72. The maximum Gasteiger partial charge on any atom is 0.238 e. The van der Waals surface area contributed by atoms with Crippen LogP contribution in [0.25, 0.3) is 0 Å². The van der Waals surface area contributed by atoms with Gasteiger partial charge in [0.05, 0.1) is 15.1 Å². The molecule has 0 bridgehead atoms. The van der Waals surface area contributed by atoms with Gasteiger partial charge in [-0.3, -0.25) is 4.68 Å². The van der Waals surface area contributed by atoms with E-state index < -0.39 is 10.0 Å². The smallest absolute Gasteiger partial charge is 0.238 e. The fourth-order valence-corrected chi connectivity index (χ4v) is 2.65. The van der Waals surface area contributed by atoms with Crippen LogP contribution in [0.3, 0.4) is 0 Å². The first-order valence-electron chi connectivity index (χ1n) is 5.30. The van der Waals surface area contributed by atoms with Crippen molar-refractivity contribution in [1.82, 2.24) is 9.78 Å². The van der Waals surface area contributed by atoms with E-state index in [0.717, 1.165) is 5.69 Å². The number of primary sulfonamides is 1. The Labute approximate surface area is 119 Å². The Kier molecular flexibility index (Phi) is 3.93. The molecule has 8 heteroatoms. The van der Waals surface area contributed by atoms with Gasteiger partial charge in [-0.1, -0.05) is 0 Å². The van der Waals surface area contributed by atoms with Crippen molar-refractivity contribution in [2.75, 3.05) is 0 Å². The van der Waals surface area contributed by atoms with Crippen LogP contribution in [0.15, 0.2) is 39.8 Å². The Morgan fingerprint density at radius 3 is 2.68 bits per heavy atom. The molecule has 6 nitrogen and oxygen atoms in total. The molecule has 0 amide bonds.